The molecule has 148 valence electrons. The lowest BCUT2D eigenvalue weighted by atomic mass is 10.2. The Bertz CT molecular complexity index is 1140. The van der Waals surface area contributed by atoms with Gasteiger partial charge in [-0.05, 0) is 30.3 Å². The molecule has 0 aliphatic heterocycles. The fourth-order valence-corrected chi connectivity index (χ4v) is 3.59. The summed E-state index contributed by atoms with van der Waals surface area (Å²) in [7, 11) is -2.81. The highest BCUT2D eigenvalue weighted by atomic mass is 35.5. The highest BCUT2D eigenvalue weighted by molar-refractivity contribution is 7.89. The van der Waals surface area contributed by atoms with Gasteiger partial charge in [0, 0.05) is 11.8 Å². The number of nitrogens with zero attached hydrogens (tertiary/aromatic N) is 2. The molecule has 0 saturated carbocycles. The summed E-state index contributed by atoms with van der Waals surface area (Å²) >= 11 is 6.08. The highest BCUT2D eigenvalue weighted by Crippen LogP contribution is 2.36. The summed E-state index contributed by atoms with van der Waals surface area (Å²) in [6, 6.07) is 9.72. The number of aromatic nitrogens is 2. The number of imidazole rings is 1. The second-order valence-electron chi connectivity index (χ2n) is 5.68. The van der Waals surface area contributed by atoms with E-state index >= 15 is 0 Å². The molecule has 0 aliphatic rings. The maximum Gasteiger partial charge on any atom is 0.434 e. The van der Waals surface area contributed by atoms with Gasteiger partial charge in [-0.3, -0.25) is 4.57 Å². The molecule has 0 radical (unpaired) electrons. The minimum absolute atomic E-state index is 0.0741. The maximum absolute atomic E-state index is 13.3. The number of primary sulfonamides is 1. The molecule has 0 amide bonds. The lowest BCUT2D eigenvalue weighted by molar-refractivity contribution is -0.140. The molecule has 0 saturated heterocycles. The third kappa shape index (κ3) is 3.84. The van der Waals surface area contributed by atoms with Crippen LogP contribution in [-0.4, -0.2) is 25.1 Å². The Hall–Kier alpha value is -2.56. The zero-order valence-electron chi connectivity index (χ0n) is 14.2. The van der Waals surface area contributed by atoms with Crippen LogP contribution in [-0.2, 0) is 16.2 Å². The van der Waals surface area contributed by atoms with Gasteiger partial charge in [0.25, 0.3) is 0 Å². The number of nitrogens with two attached hydrogens (primary N) is 1. The van der Waals surface area contributed by atoms with Gasteiger partial charge >= 0.3 is 6.18 Å². The van der Waals surface area contributed by atoms with Crippen molar-refractivity contribution in [3.63, 3.8) is 0 Å². The van der Waals surface area contributed by atoms with Gasteiger partial charge in [0.1, 0.15) is 16.5 Å². The van der Waals surface area contributed by atoms with Crippen LogP contribution in [0.2, 0.25) is 5.02 Å². The first-order valence-electron chi connectivity index (χ1n) is 7.65. The van der Waals surface area contributed by atoms with E-state index in [-0.39, 0.29) is 27.0 Å². The molecule has 0 bridgehead atoms. The Morgan fingerprint density at radius 1 is 1.18 bits per heavy atom. The molecule has 2 aromatic carbocycles. The average Bonchev–Trinajstić information content (AvgIpc) is 3.06. The number of hydrogen-bond acceptors (Lipinski definition) is 4. The summed E-state index contributed by atoms with van der Waals surface area (Å²) in [6.07, 6.45) is -4.04. The largest absolute Gasteiger partial charge is 0.495 e. The molecule has 0 unspecified atom stereocenters. The molecule has 11 heteroatoms. The summed E-state index contributed by atoms with van der Waals surface area (Å²) < 4.78 is 69.7. The van der Waals surface area contributed by atoms with Crippen molar-refractivity contribution in [2.75, 3.05) is 7.11 Å². The van der Waals surface area contributed by atoms with Crippen molar-refractivity contribution >= 4 is 21.6 Å². The number of sulfonamides is 1. The van der Waals surface area contributed by atoms with Crippen LogP contribution in [0.15, 0.2) is 53.6 Å². The Labute approximate surface area is 163 Å². The first kappa shape index (κ1) is 20.2. The van der Waals surface area contributed by atoms with Crippen molar-refractivity contribution < 1.29 is 26.3 Å². The van der Waals surface area contributed by atoms with E-state index in [1.165, 1.54) is 49.6 Å². The van der Waals surface area contributed by atoms with Crippen LogP contribution in [0.3, 0.4) is 0 Å². The van der Waals surface area contributed by atoms with E-state index < -0.39 is 21.9 Å². The lowest BCUT2D eigenvalue weighted by Crippen LogP contribution is -2.15. The Kier molecular flexibility index (Phi) is 5.13. The molecule has 3 aromatic rings. The molecule has 1 aromatic heterocycles. The van der Waals surface area contributed by atoms with Crippen LogP contribution < -0.4 is 9.88 Å². The van der Waals surface area contributed by atoms with Crippen molar-refractivity contribution in [3.05, 3.63) is 59.4 Å². The fourth-order valence-electron chi connectivity index (χ4n) is 2.61. The van der Waals surface area contributed by atoms with Gasteiger partial charge in [0.2, 0.25) is 10.0 Å². The number of methoxy groups -OCH3 is 1. The van der Waals surface area contributed by atoms with Crippen LogP contribution in [0.1, 0.15) is 5.69 Å². The third-order valence-electron chi connectivity index (χ3n) is 3.84. The number of rotatable bonds is 4. The fraction of sp³-hybridized carbons (Fsp3) is 0.118. The van der Waals surface area contributed by atoms with E-state index in [0.717, 1.165) is 4.57 Å². The standard InChI is InChI=1S/C17H13ClF3N3O3S/c1-27-13-7-6-10(8-11(13)18)16-23-15(17(19,20)21)9-24(16)12-4-2-3-5-14(12)28(22,25)26/h2-9H,1H3,(H2,22,25,26). The SMILES string of the molecule is COc1ccc(-c2nc(C(F)(F)F)cn2-c2ccccc2S(N)(=O)=O)cc1Cl. The second-order valence-corrected chi connectivity index (χ2v) is 7.62. The van der Waals surface area contributed by atoms with E-state index in [2.05, 4.69) is 4.98 Å². The molecule has 0 spiro atoms. The molecule has 1 heterocycles. The van der Waals surface area contributed by atoms with Crippen molar-refractivity contribution in [2.45, 2.75) is 11.1 Å². The molecule has 2 N–H and O–H groups in total. The number of hydrogen-bond donors (Lipinski definition) is 1. The lowest BCUT2D eigenvalue weighted by Gasteiger charge is -2.12. The monoisotopic (exact) mass is 431 g/mol. The quantitative estimate of drug-likeness (QED) is 0.679. The number of alkyl halides is 3. The molecule has 6 nitrogen and oxygen atoms in total. The van der Waals surface area contributed by atoms with Crippen LogP contribution >= 0.6 is 11.6 Å². The smallest absolute Gasteiger partial charge is 0.434 e. The van der Waals surface area contributed by atoms with Gasteiger partial charge in [-0.2, -0.15) is 13.2 Å². The van der Waals surface area contributed by atoms with Crippen LogP contribution in [0, 0.1) is 0 Å². The van der Waals surface area contributed by atoms with Crippen LogP contribution in [0.25, 0.3) is 17.1 Å². The van der Waals surface area contributed by atoms with Crippen LogP contribution in [0.4, 0.5) is 13.2 Å². The number of para-hydroxylation sites is 1. The Morgan fingerprint density at radius 3 is 2.43 bits per heavy atom. The van der Waals surface area contributed by atoms with Crippen molar-refractivity contribution in [1.29, 1.82) is 0 Å². The molecular weight excluding hydrogens is 419 g/mol. The summed E-state index contributed by atoms with van der Waals surface area (Å²) in [5, 5.41) is 5.37. The average molecular weight is 432 g/mol. The van der Waals surface area contributed by atoms with E-state index in [0.29, 0.717) is 11.9 Å². The number of ether oxygens (including phenoxy) is 1. The molecule has 0 fully saturated rings. The van der Waals surface area contributed by atoms with Gasteiger partial charge < -0.3 is 4.74 Å². The molecule has 3 rings (SSSR count). The van der Waals surface area contributed by atoms with Crippen molar-refractivity contribution in [1.82, 2.24) is 9.55 Å². The number of halogens is 4. The zero-order valence-corrected chi connectivity index (χ0v) is 15.8. The summed E-state index contributed by atoms with van der Waals surface area (Å²) in [5.41, 5.74) is -1.04. The second kappa shape index (κ2) is 7.12. The minimum atomic E-state index is -4.74. The van der Waals surface area contributed by atoms with E-state index in [1.807, 2.05) is 0 Å². The Balaban J connectivity index is 2.31. The summed E-state index contributed by atoms with van der Waals surface area (Å²) in [5.74, 6) is 0.164. The molecule has 0 atom stereocenters. The molecular formula is C17H13ClF3N3O3S. The third-order valence-corrected chi connectivity index (χ3v) is 5.09. The first-order valence-corrected chi connectivity index (χ1v) is 9.57. The predicted molar refractivity (Wildman–Crippen MR) is 96.9 cm³/mol. The van der Waals surface area contributed by atoms with Crippen LogP contribution in [0.5, 0.6) is 5.75 Å². The predicted octanol–water partition coefficient (Wildman–Crippen LogP) is 3.87. The van der Waals surface area contributed by atoms with E-state index in [4.69, 9.17) is 21.5 Å². The minimum Gasteiger partial charge on any atom is -0.495 e. The maximum atomic E-state index is 13.3. The Morgan fingerprint density at radius 2 is 1.86 bits per heavy atom. The number of benzene rings is 2. The van der Waals surface area contributed by atoms with E-state index in [9.17, 15) is 21.6 Å². The van der Waals surface area contributed by atoms with Crippen molar-refractivity contribution in [3.8, 4) is 22.8 Å². The zero-order chi connectivity index (χ0) is 20.7. The van der Waals surface area contributed by atoms with Gasteiger partial charge in [0.05, 0.1) is 17.8 Å². The van der Waals surface area contributed by atoms with Gasteiger partial charge in [-0.25, -0.2) is 18.5 Å². The summed E-state index contributed by atoms with van der Waals surface area (Å²) in [4.78, 5) is 3.31. The topological polar surface area (TPSA) is 87.2 Å². The normalized spacial score (nSPS) is 12.2. The molecule has 0 aliphatic carbocycles. The van der Waals surface area contributed by atoms with E-state index in [1.54, 1.807) is 0 Å². The van der Waals surface area contributed by atoms with Gasteiger partial charge in [-0.15, -0.1) is 0 Å². The van der Waals surface area contributed by atoms with Gasteiger partial charge in [-0.1, -0.05) is 23.7 Å². The first-order chi connectivity index (χ1) is 13.0. The molecule has 28 heavy (non-hydrogen) atoms. The highest BCUT2D eigenvalue weighted by Gasteiger charge is 2.35. The van der Waals surface area contributed by atoms with Crippen molar-refractivity contribution in [2.24, 2.45) is 5.14 Å². The van der Waals surface area contributed by atoms with Gasteiger partial charge in [0.15, 0.2) is 5.69 Å². The summed E-state index contributed by atoms with van der Waals surface area (Å²) in [6.45, 7) is 0.